The van der Waals surface area contributed by atoms with E-state index in [1.807, 2.05) is 74.5 Å². The van der Waals surface area contributed by atoms with Gasteiger partial charge in [0.25, 0.3) is 0 Å². The minimum absolute atomic E-state index is 0.0401. The number of benzene rings is 2. The minimum atomic E-state index is -0.0401. The van der Waals surface area contributed by atoms with Crippen molar-refractivity contribution < 1.29 is 14.3 Å². The molecule has 0 unspecified atom stereocenters. The fourth-order valence-corrected chi connectivity index (χ4v) is 3.58. The largest absolute Gasteiger partial charge is 0.497 e. The second kappa shape index (κ2) is 10.7. The average molecular weight is 457 g/mol. The summed E-state index contributed by atoms with van der Waals surface area (Å²) < 4.78 is 13.4. The first kappa shape index (κ1) is 23.0. The standard InChI is InChI=1S/C27H28N4O3/c1-19-6-10-24(11-7-19)34-27-25(14-15-26(32)29-18-21-5-4-16-28-17-21)20(2)30-31(27)22-8-12-23(33-3)13-9-22/h4-13,16-17H,14-15,18H2,1-3H3,(H,29,32). The lowest BCUT2D eigenvalue weighted by molar-refractivity contribution is -0.121. The molecule has 7 heteroatoms. The van der Waals surface area contributed by atoms with E-state index in [0.29, 0.717) is 31.0 Å². The summed E-state index contributed by atoms with van der Waals surface area (Å²) in [5.74, 6) is 2.04. The number of carbonyl (C=O) groups is 1. The third-order valence-electron chi connectivity index (χ3n) is 5.50. The molecule has 7 nitrogen and oxygen atoms in total. The van der Waals surface area contributed by atoms with Crippen molar-refractivity contribution >= 4 is 5.91 Å². The van der Waals surface area contributed by atoms with Gasteiger partial charge in [-0.2, -0.15) is 5.10 Å². The zero-order valence-electron chi connectivity index (χ0n) is 19.6. The zero-order valence-corrected chi connectivity index (χ0v) is 19.6. The molecule has 2 aromatic heterocycles. The van der Waals surface area contributed by atoms with Crippen LogP contribution < -0.4 is 14.8 Å². The van der Waals surface area contributed by atoms with Crippen molar-refractivity contribution in [1.29, 1.82) is 0 Å². The highest BCUT2D eigenvalue weighted by Gasteiger charge is 2.20. The predicted molar refractivity (Wildman–Crippen MR) is 131 cm³/mol. The van der Waals surface area contributed by atoms with Crippen LogP contribution in [0, 0.1) is 13.8 Å². The Balaban J connectivity index is 1.56. The van der Waals surface area contributed by atoms with E-state index >= 15 is 0 Å². The molecule has 0 saturated carbocycles. The summed E-state index contributed by atoms with van der Waals surface area (Å²) in [6.07, 6.45) is 4.28. The first-order chi connectivity index (χ1) is 16.5. The van der Waals surface area contributed by atoms with Crippen LogP contribution in [0.2, 0.25) is 0 Å². The Labute approximate surface area is 199 Å². The maximum Gasteiger partial charge on any atom is 0.226 e. The number of ether oxygens (including phenoxy) is 2. The Morgan fingerprint density at radius 2 is 1.74 bits per heavy atom. The van der Waals surface area contributed by atoms with Crippen molar-refractivity contribution in [2.24, 2.45) is 0 Å². The molecule has 0 aliphatic rings. The van der Waals surface area contributed by atoms with Crippen LogP contribution in [-0.2, 0) is 17.8 Å². The summed E-state index contributed by atoms with van der Waals surface area (Å²) >= 11 is 0. The molecule has 4 rings (SSSR count). The van der Waals surface area contributed by atoms with Gasteiger partial charge in [0.1, 0.15) is 11.5 Å². The Kier molecular flexibility index (Phi) is 7.22. The molecular formula is C27H28N4O3. The molecule has 0 aliphatic carbocycles. The molecule has 0 bridgehead atoms. The average Bonchev–Trinajstić information content (AvgIpc) is 3.18. The SMILES string of the molecule is COc1ccc(-n2nc(C)c(CCC(=O)NCc3cccnc3)c2Oc2ccc(C)cc2)cc1. The molecule has 0 fully saturated rings. The third kappa shape index (κ3) is 5.61. The number of nitrogens with one attached hydrogen (secondary N) is 1. The van der Waals surface area contributed by atoms with Crippen molar-refractivity contribution in [3.63, 3.8) is 0 Å². The van der Waals surface area contributed by atoms with Crippen molar-refractivity contribution in [3.8, 4) is 23.1 Å². The molecule has 34 heavy (non-hydrogen) atoms. The summed E-state index contributed by atoms with van der Waals surface area (Å²) in [4.78, 5) is 16.6. The molecule has 4 aromatic rings. The molecule has 174 valence electrons. The Morgan fingerprint density at radius 1 is 1.00 bits per heavy atom. The van der Waals surface area contributed by atoms with E-state index in [1.165, 1.54) is 0 Å². The second-order valence-corrected chi connectivity index (χ2v) is 8.03. The monoisotopic (exact) mass is 456 g/mol. The van der Waals surface area contributed by atoms with E-state index in [4.69, 9.17) is 14.6 Å². The van der Waals surface area contributed by atoms with Gasteiger partial charge in [-0.25, -0.2) is 4.68 Å². The molecule has 2 aromatic carbocycles. The van der Waals surface area contributed by atoms with Gasteiger partial charge >= 0.3 is 0 Å². The molecule has 0 spiro atoms. The number of nitrogens with zero attached hydrogens (tertiary/aromatic N) is 3. The lowest BCUT2D eigenvalue weighted by Gasteiger charge is -2.12. The Bertz CT molecular complexity index is 1230. The van der Waals surface area contributed by atoms with Gasteiger partial charge in [0.15, 0.2) is 0 Å². The number of pyridine rings is 1. The van der Waals surface area contributed by atoms with Crippen LogP contribution in [0.25, 0.3) is 5.69 Å². The summed E-state index contributed by atoms with van der Waals surface area (Å²) in [5, 5.41) is 7.69. The summed E-state index contributed by atoms with van der Waals surface area (Å²) in [5.41, 5.74) is 4.67. The van der Waals surface area contributed by atoms with E-state index in [2.05, 4.69) is 10.3 Å². The van der Waals surface area contributed by atoms with Crippen LogP contribution in [-0.4, -0.2) is 27.8 Å². The topological polar surface area (TPSA) is 78.3 Å². The van der Waals surface area contributed by atoms with Gasteiger partial charge in [0.05, 0.1) is 18.5 Å². The van der Waals surface area contributed by atoms with Crippen LogP contribution in [0.1, 0.15) is 28.8 Å². The van der Waals surface area contributed by atoms with Crippen molar-refractivity contribution in [3.05, 3.63) is 95.4 Å². The Hall–Kier alpha value is -4.13. The van der Waals surface area contributed by atoms with Crippen molar-refractivity contribution in [1.82, 2.24) is 20.1 Å². The molecule has 1 N–H and O–H groups in total. The van der Waals surface area contributed by atoms with Crippen LogP contribution in [0.4, 0.5) is 0 Å². The molecular weight excluding hydrogens is 428 g/mol. The highest BCUT2D eigenvalue weighted by atomic mass is 16.5. The van der Waals surface area contributed by atoms with Gasteiger partial charge in [0, 0.05) is 30.9 Å². The van der Waals surface area contributed by atoms with Gasteiger partial charge in [-0.1, -0.05) is 23.8 Å². The molecule has 0 radical (unpaired) electrons. The first-order valence-corrected chi connectivity index (χ1v) is 11.2. The van der Waals surface area contributed by atoms with E-state index in [9.17, 15) is 4.79 Å². The number of hydrogen-bond acceptors (Lipinski definition) is 5. The molecule has 0 atom stereocenters. The highest BCUT2D eigenvalue weighted by Crippen LogP contribution is 2.32. The van der Waals surface area contributed by atoms with Crippen molar-refractivity contribution in [2.45, 2.75) is 33.2 Å². The van der Waals surface area contributed by atoms with Gasteiger partial charge < -0.3 is 14.8 Å². The second-order valence-electron chi connectivity index (χ2n) is 8.03. The fraction of sp³-hybridized carbons (Fsp3) is 0.222. The lowest BCUT2D eigenvalue weighted by Crippen LogP contribution is -2.23. The highest BCUT2D eigenvalue weighted by molar-refractivity contribution is 5.76. The maximum atomic E-state index is 12.5. The summed E-state index contributed by atoms with van der Waals surface area (Å²) in [6.45, 7) is 4.42. The Morgan fingerprint density at radius 3 is 2.41 bits per heavy atom. The fourth-order valence-electron chi connectivity index (χ4n) is 3.58. The summed E-state index contributed by atoms with van der Waals surface area (Å²) in [6, 6.07) is 19.3. The van der Waals surface area contributed by atoms with Gasteiger partial charge in [-0.3, -0.25) is 9.78 Å². The minimum Gasteiger partial charge on any atom is -0.497 e. The number of rotatable bonds is 9. The number of hydrogen-bond donors (Lipinski definition) is 1. The molecule has 0 aliphatic heterocycles. The van der Waals surface area contributed by atoms with Gasteiger partial charge in [-0.05, 0) is 68.3 Å². The van der Waals surface area contributed by atoms with Crippen LogP contribution >= 0.6 is 0 Å². The maximum absolute atomic E-state index is 12.5. The quantitative estimate of drug-likeness (QED) is 0.386. The number of aromatic nitrogens is 3. The predicted octanol–water partition coefficient (Wildman–Crippen LogP) is 4.93. The van der Waals surface area contributed by atoms with Gasteiger partial charge in [-0.15, -0.1) is 0 Å². The van der Waals surface area contributed by atoms with E-state index in [1.54, 1.807) is 24.2 Å². The van der Waals surface area contributed by atoms with Crippen LogP contribution in [0.15, 0.2) is 73.1 Å². The van der Waals surface area contributed by atoms with E-state index < -0.39 is 0 Å². The number of carbonyl (C=O) groups excluding carboxylic acids is 1. The van der Waals surface area contributed by atoms with E-state index in [-0.39, 0.29) is 5.91 Å². The zero-order chi connectivity index (χ0) is 23.9. The number of aryl methyl sites for hydroxylation is 2. The third-order valence-corrected chi connectivity index (χ3v) is 5.50. The van der Waals surface area contributed by atoms with Crippen molar-refractivity contribution in [2.75, 3.05) is 7.11 Å². The molecule has 2 heterocycles. The summed E-state index contributed by atoms with van der Waals surface area (Å²) in [7, 11) is 1.64. The smallest absolute Gasteiger partial charge is 0.226 e. The van der Waals surface area contributed by atoms with Crippen LogP contribution in [0.3, 0.4) is 0 Å². The van der Waals surface area contributed by atoms with Crippen LogP contribution in [0.5, 0.6) is 17.4 Å². The molecule has 1 amide bonds. The number of methoxy groups -OCH3 is 1. The van der Waals surface area contributed by atoms with E-state index in [0.717, 1.165) is 33.8 Å². The first-order valence-electron chi connectivity index (χ1n) is 11.2. The van der Waals surface area contributed by atoms with Gasteiger partial charge in [0.2, 0.25) is 11.8 Å². The lowest BCUT2D eigenvalue weighted by atomic mass is 10.1. The number of amides is 1. The molecule has 0 saturated heterocycles. The normalized spacial score (nSPS) is 10.7.